The van der Waals surface area contributed by atoms with E-state index in [0.29, 0.717) is 26.1 Å². The minimum Gasteiger partial charge on any atom is -0.417 e. The summed E-state index contributed by atoms with van der Waals surface area (Å²) in [6.45, 7) is 12.1. The smallest absolute Gasteiger partial charge is 0.230 e. The average Bonchev–Trinajstić information content (AvgIpc) is 2.71. The topological polar surface area (TPSA) is 75.8 Å². The number of aliphatic hydroxyl groups excluding tert-OH is 1. The third kappa shape index (κ3) is 8.13. The lowest BCUT2D eigenvalue weighted by Crippen LogP contribution is -2.48. The van der Waals surface area contributed by atoms with Gasteiger partial charge in [0, 0.05) is 30.7 Å². The third-order valence-electron chi connectivity index (χ3n) is 6.39. The van der Waals surface area contributed by atoms with Crippen LogP contribution in [0.2, 0.25) is 18.1 Å². The highest BCUT2D eigenvalue weighted by molar-refractivity contribution is 6.74. The molecule has 1 N–H and O–H groups in total. The molecule has 0 saturated heterocycles. The number of hydrogen-bond donors (Lipinski definition) is 1. The largest absolute Gasteiger partial charge is 0.417 e. The van der Waals surface area contributed by atoms with Crippen molar-refractivity contribution in [3.8, 4) is 0 Å². The second kappa shape index (κ2) is 11.7. The molecule has 0 fully saturated rings. The van der Waals surface area contributed by atoms with Gasteiger partial charge in [0.1, 0.15) is 6.10 Å². The van der Waals surface area contributed by atoms with Crippen molar-refractivity contribution >= 4 is 8.32 Å². The summed E-state index contributed by atoms with van der Waals surface area (Å²) in [5.74, 6) is 0. The molecule has 2 rings (SSSR count). The maximum Gasteiger partial charge on any atom is 0.230 e. The van der Waals surface area contributed by atoms with E-state index in [9.17, 15) is 15.2 Å². The Labute approximate surface area is 193 Å². The first kappa shape index (κ1) is 26.2. The van der Waals surface area contributed by atoms with Crippen molar-refractivity contribution < 1.29 is 14.5 Å². The molecule has 2 aromatic rings. The van der Waals surface area contributed by atoms with Crippen molar-refractivity contribution in [3.05, 3.63) is 81.9 Å². The van der Waals surface area contributed by atoms with Gasteiger partial charge in [-0.25, -0.2) is 0 Å². The molecule has 0 unspecified atom stereocenters. The molecule has 0 aromatic heterocycles. The fourth-order valence-corrected chi connectivity index (χ4v) is 4.53. The molecule has 0 amide bonds. The zero-order valence-corrected chi connectivity index (χ0v) is 21.0. The minimum atomic E-state index is -1.96. The van der Waals surface area contributed by atoms with Crippen LogP contribution in [0.15, 0.2) is 60.7 Å². The van der Waals surface area contributed by atoms with Crippen LogP contribution in [0.5, 0.6) is 0 Å². The SMILES string of the molecule is CC(C)(C)[Si](C)(C)OCC[C@H]([C@H](O)C[N+](=O)[O-])N(Cc1ccccc1)Cc1ccccc1. The molecular weight excluding hydrogens is 420 g/mol. The van der Waals surface area contributed by atoms with Crippen molar-refractivity contribution in [2.45, 2.75) is 70.6 Å². The molecule has 0 heterocycles. The Morgan fingerprint density at radius 1 is 1.00 bits per heavy atom. The van der Waals surface area contributed by atoms with Crippen molar-refractivity contribution in [1.29, 1.82) is 0 Å². The van der Waals surface area contributed by atoms with E-state index in [-0.39, 0.29) is 5.04 Å². The molecule has 0 radical (unpaired) electrons. The van der Waals surface area contributed by atoms with Crippen molar-refractivity contribution in [1.82, 2.24) is 4.90 Å². The highest BCUT2D eigenvalue weighted by atomic mass is 28.4. The number of rotatable bonds is 12. The first-order valence-corrected chi connectivity index (χ1v) is 14.2. The first-order valence-electron chi connectivity index (χ1n) is 11.3. The zero-order valence-electron chi connectivity index (χ0n) is 20.0. The number of benzene rings is 2. The van der Waals surface area contributed by atoms with Crippen LogP contribution in [0.1, 0.15) is 38.3 Å². The molecule has 7 heteroatoms. The molecule has 0 aliphatic heterocycles. The molecule has 0 bridgehead atoms. The van der Waals surface area contributed by atoms with E-state index in [0.717, 1.165) is 11.1 Å². The predicted octanol–water partition coefficient (Wildman–Crippen LogP) is 5.11. The lowest BCUT2D eigenvalue weighted by molar-refractivity contribution is -0.492. The third-order valence-corrected chi connectivity index (χ3v) is 10.9. The molecule has 0 saturated carbocycles. The molecule has 32 heavy (non-hydrogen) atoms. The van der Waals surface area contributed by atoms with Crippen molar-refractivity contribution in [2.24, 2.45) is 0 Å². The molecular formula is C25H38N2O4Si. The average molecular weight is 459 g/mol. The van der Waals surface area contributed by atoms with Gasteiger partial charge in [-0.1, -0.05) is 81.4 Å². The lowest BCUT2D eigenvalue weighted by atomic mass is 10.0. The standard InChI is InChI=1S/C25H38N2O4Si/c1-25(2,3)32(4,5)31-17-16-23(24(28)20-27(29)30)26(18-21-12-8-6-9-13-21)19-22-14-10-7-11-15-22/h6-15,23-24,28H,16-20H2,1-5H3/t23-,24-/m1/s1. The summed E-state index contributed by atoms with van der Waals surface area (Å²) in [5.41, 5.74) is 2.21. The zero-order chi connectivity index (χ0) is 23.8. The summed E-state index contributed by atoms with van der Waals surface area (Å²) in [6, 6.07) is 19.7. The minimum absolute atomic E-state index is 0.0791. The Kier molecular flexibility index (Phi) is 9.58. The van der Waals surface area contributed by atoms with Gasteiger partial charge < -0.3 is 9.53 Å². The van der Waals surface area contributed by atoms with Gasteiger partial charge in [-0.3, -0.25) is 15.0 Å². The summed E-state index contributed by atoms with van der Waals surface area (Å²) >= 11 is 0. The monoisotopic (exact) mass is 458 g/mol. The Bertz CT molecular complexity index is 783. The van der Waals surface area contributed by atoms with E-state index in [2.05, 4.69) is 38.8 Å². The van der Waals surface area contributed by atoms with Gasteiger partial charge in [-0.05, 0) is 35.7 Å². The fourth-order valence-electron chi connectivity index (χ4n) is 3.47. The van der Waals surface area contributed by atoms with Crippen LogP contribution in [0.3, 0.4) is 0 Å². The van der Waals surface area contributed by atoms with Gasteiger partial charge in [0.25, 0.3) is 0 Å². The van der Waals surface area contributed by atoms with E-state index < -0.39 is 31.9 Å². The Hall–Kier alpha value is -2.06. The van der Waals surface area contributed by atoms with E-state index >= 15 is 0 Å². The Morgan fingerprint density at radius 3 is 1.88 bits per heavy atom. The Balaban J connectivity index is 2.26. The van der Waals surface area contributed by atoms with Crippen LogP contribution < -0.4 is 0 Å². The number of aliphatic hydroxyl groups is 1. The fraction of sp³-hybridized carbons (Fsp3) is 0.520. The molecule has 2 aromatic carbocycles. The molecule has 176 valence electrons. The second-order valence-corrected chi connectivity index (χ2v) is 14.7. The molecule has 0 aliphatic rings. The van der Waals surface area contributed by atoms with E-state index in [1.165, 1.54) is 0 Å². The Morgan fingerprint density at radius 2 is 1.47 bits per heavy atom. The predicted molar refractivity (Wildman–Crippen MR) is 132 cm³/mol. The summed E-state index contributed by atoms with van der Waals surface area (Å²) in [4.78, 5) is 12.9. The van der Waals surface area contributed by atoms with Crippen LogP contribution in [-0.2, 0) is 17.5 Å². The van der Waals surface area contributed by atoms with Gasteiger partial charge in [-0.15, -0.1) is 0 Å². The van der Waals surface area contributed by atoms with Crippen LogP contribution in [0.25, 0.3) is 0 Å². The first-order chi connectivity index (χ1) is 15.0. The van der Waals surface area contributed by atoms with Crippen molar-refractivity contribution in [2.75, 3.05) is 13.2 Å². The molecule has 2 atom stereocenters. The normalized spacial score (nSPS) is 14.3. The molecule has 6 nitrogen and oxygen atoms in total. The van der Waals surface area contributed by atoms with E-state index in [1.807, 2.05) is 60.7 Å². The van der Waals surface area contributed by atoms with Crippen LogP contribution in [0.4, 0.5) is 0 Å². The van der Waals surface area contributed by atoms with Crippen molar-refractivity contribution in [3.63, 3.8) is 0 Å². The van der Waals surface area contributed by atoms with Gasteiger partial charge >= 0.3 is 0 Å². The second-order valence-electron chi connectivity index (χ2n) is 9.92. The quantitative estimate of drug-likeness (QED) is 0.272. The van der Waals surface area contributed by atoms with Crippen LogP contribution in [-0.4, -0.2) is 48.5 Å². The highest BCUT2D eigenvalue weighted by Crippen LogP contribution is 2.36. The molecule has 0 spiro atoms. The maximum atomic E-state index is 11.2. The van der Waals surface area contributed by atoms with Gasteiger partial charge in [0.05, 0.1) is 0 Å². The number of nitrogens with zero attached hydrogens (tertiary/aromatic N) is 2. The van der Waals surface area contributed by atoms with Crippen LogP contribution >= 0.6 is 0 Å². The molecule has 0 aliphatic carbocycles. The number of nitro groups is 1. The summed E-state index contributed by atoms with van der Waals surface area (Å²) in [7, 11) is -1.96. The van der Waals surface area contributed by atoms with Gasteiger partial charge in [0.15, 0.2) is 8.32 Å². The van der Waals surface area contributed by atoms with Crippen LogP contribution in [0, 0.1) is 10.1 Å². The summed E-state index contributed by atoms with van der Waals surface area (Å²) in [6.07, 6.45) is -0.554. The summed E-state index contributed by atoms with van der Waals surface area (Å²) < 4.78 is 6.36. The highest BCUT2D eigenvalue weighted by Gasteiger charge is 2.38. The van der Waals surface area contributed by atoms with Gasteiger partial charge in [0.2, 0.25) is 6.54 Å². The van der Waals surface area contributed by atoms with E-state index in [1.54, 1.807) is 0 Å². The van der Waals surface area contributed by atoms with Gasteiger partial charge in [-0.2, -0.15) is 0 Å². The number of hydrogen-bond acceptors (Lipinski definition) is 5. The van der Waals surface area contributed by atoms with E-state index in [4.69, 9.17) is 4.43 Å². The summed E-state index contributed by atoms with van der Waals surface area (Å²) in [5, 5.41) is 22.2. The lowest BCUT2D eigenvalue weighted by Gasteiger charge is -2.38. The maximum absolute atomic E-state index is 11.2.